The van der Waals surface area contributed by atoms with Gasteiger partial charge in [-0.15, -0.1) is 11.3 Å². The van der Waals surface area contributed by atoms with E-state index in [-0.39, 0.29) is 33.1 Å². The molecule has 0 atom stereocenters. The molecule has 2 N–H and O–H groups in total. The van der Waals surface area contributed by atoms with Gasteiger partial charge in [-0.05, 0) is 43.7 Å². The van der Waals surface area contributed by atoms with Gasteiger partial charge in [0, 0.05) is 29.6 Å². The first-order chi connectivity index (χ1) is 14.5. The number of carbonyl (C=O) groups excluding carboxylic acids is 1. The van der Waals surface area contributed by atoms with Crippen LogP contribution in [0, 0.1) is 11.6 Å². The maximum Gasteiger partial charge on any atom is 0.259 e. The van der Waals surface area contributed by atoms with Gasteiger partial charge in [0.1, 0.15) is 11.6 Å². The molecular weight excluding hydrogens is 468 g/mol. The Morgan fingerprint density at radius 3 is 2.61 bits per heavy atom. The van der Waals surface area contributed by atoms with Gasteiger partial charge in [-0.3, -0.25) is 10.1 Å². The molecule has 164 valence electrons. The molecule has 0 aliphatic heterocycles. The number of halogens is 3. The van der Waals surface area contributed by atoms with E-state index in [2.05, 4.69) is 15.0 Å². The SMILES string of the molecule is CC(C)NS(=O)(=O)c1ccc(Cl)c(C(=O)Nc2ncc(Cc3ccc(F)cc3F)s2)c1. The molecule has 0 fully saturated rings. The molecule has 31 heavy (non-hydrogen) atoms. The number of hydrogen-bond donors (Lipinski definition) is 2. The van der Waals surface area contributed by atoms with E-state index in [0.29, 0.717) is 10.4 Å². The van der Waals surface area contributed by atoms with Gasteiger partial charge in [-0.25, -0.2) is 26.9 Å². The van der Waals surface area contributed by atoms with Gasteiger partial charge in [0.15, 0.2) is 5.13 Å². The average Bonchev–Trinajstić information content (AvgIpc) is 3.10. The molecule has 2 aromatic carbocycles. The van der Waals surface area contributed by atoms with Crippen LogP contribution in [0.4, 0.5) is 13.9 Å². The van der Waals surface area contributed by atoms with Gasteiger partial charge in [0.25, 0.3) is 5.91 Å². The van der Waals surface area contributed by atoms with E-state index in [1.807, 2.05) is 0 Å². The minimum atomic E-state index is -3.81. The Morgan fingerprint density at radius 1 is 1.19 bits per heavy atom. The van der Waals surface area contributed by atoms with Crippen LogP contribution in [0.25, 0.3) is 0 Å². The van der Waals surface area contributed by atoms with Crippen molar-refractivity contribution < 1.29 is 22.0 Å². The van der Waals surface area contributed by atoms with Crippen LogP contribution in [-0.2, 0) is 16.4 Å². The molecule has 3 aromatic rings. The summed E-state index contributed by atoms with van der Waals surface area (Å²) < 4.78 is 54.0. The fourth-order valence-corrected chi connectivity index (χ4v) is 5.00. The Balaban J connectivity index is 1.77. The number of sulfonamides is 1. The number of amides is 1. The number of nitrogens with zero attached hydrogens (tertiary/aromatic N) is 1. The molecule has 0 aliphatic carbocycles. The van der Waals surface area contributed by atoms with Gasteiger partial charge in [-0.2, -0.15) is 0 Å². The van der Waals surface area contributed by atoms with Crippen molar-refractivity contribution in [3.63, 3.8) is 0 Å². The van der Waals surface area contributed by atoms with E-state index in [9.17, 15) is 22.0 Å². The molecule has 0 bridgehead atoms. The maximum atomic E-state index is 13.8. The van der Waals surface area contributed by atoms with Gasteiger partial charge >= 0.3 is 0 Å². The maximum absolute atomic E-state index is 13.8. The number of carbonyl (C=O) groups is 1. The molecule has 0 spiro atoms. The molecule has 0 aliphatic rings. The van der Waals surface area contributed by atoms with E-state index < -0.39 is 27.6 Å². The standard InChI is InChI=1S/C20H18ClF2N3O3S2/c1-11(2)26-31(28,29)15-5-6-17(21)16(9-15)19(27)25-20-24-10-14(30-20)7-12-3-4-13(22)8-18(12)23/h3-6,8-11,26H,7H2,1-2H3,(H,24,25,27). The lowest BCUT2D eigenvalue weighted by molar-refractivity contribution is 0.102. The van der Waals surface area contributed by atoms with Gasteiger partial charge in [-0.1, -0.05) is 17.7 Å². The summed E-state index contributed by atoms with van der Waals surface area (Å²) in [5.41, 5.74) is 0.260. The number of rotatable bonds is 7. The largest absolute Gasteiger partial charge is 0.298 e. The van der Waals surface area contributed by atoms with Crippen molar-refractivity contribution in [3.8, 4) is 0 Å². The van der Waals surface area contributed by atoms with Crippen molar-refractivity contribution in [1.82, 2.24) is 9.71 Å². The van der Waals surface area contributed by atoms with Crippen molar-refractivity contribution in [3.05, 3.63) is 75.3 Å². The van der Waals surface area contributed by atoms with E-state index in [4.69, 9.17) is 11.6 Å². The fourth-order valence-electron chi connectivity index (χ4n) is 2.69. The van der Waals surface area contributed by atoms with Crippen molar-refractivity contribution in [2.75, 3.05) is 5.32 Å². The lowest BCUT2D eigenvalue weighted by Crippen LogP contribution is -2.30. The molecule has 0 saturated carbocycles. The zero-order valence-corrected chi connectivity index (χ0v) is 18.8. The van der Waals surface area contributed by atoms with Crippen LogP contribution >= 0.6 is 22.9 Å². The first-order valence-corrected chi connectivity index (χ1v) is 11.7. The number of benzene rings is 2. The van der Waals surface area contributed by atoms with E-state index in [0.717, 1.165) is 17.4 Å². The Kier molecular flexibility index (Phi) is 7.05. The van der Waals surface area contributed by atoms with E-state index >= 15 is 0 Å². The van der Waals surface area contributed by atoms with Crippen molar-refractivity contribution in [2.24, 2.45) is 0 Å². The zero-order chi connectivity index (χ0) is 22.8. The summed E-state index contributed by atoms with van der Waals surface area (Å²) in [6, 6.07) is 6.82. The van der Waals surface area contributed by atoms with Gasteiger partial charge < -0.3 is 0 Å². The predicted molar refractivity (Wildman–Crippen MR) is 116 cm³/mol. The summed E-state index contributed by atoms with van der Waals surface area (Å²) in [5.74, 6) is -1.97. The van der Waals surface area contributed by atoms with Crippen LogP contribution in [0.15, 0.2) is 47.5 Å². The van der Waals surface area contributed by atoms with Crippen molar-refractivity contribution >= 4 is 44.0 Å². The third kappa shape index (κ3) is 5.85. The summed E-state index contributed by atoms with van der Waals surface area (Å²) in [4.78, 5) is 17.3. The highest BCUT2D eigenvalue weighted by molar-refractivity contribution is 7.89. The first kappa shape index (κ1) is 23.3. The Bertz CT molecular complexity index is 1230. The molecule has 11 heteroatoms. The fraction of sp³-hybridized carbons (Fsp3) is 0.200. The van der Waals surface area contributed by atoms with Gasteiger partial charge in [0.2, 0.25) is 10.0 Å². The average molecular weight is 486 g/mol. The number of hydrogen-bond acceptors (Lipinski definition) is 5. The van der Waals surface area contributed by atoms with E-state index in [1.54, 1.807) is 13.8 Å². The van der Waals surface area contributed by atoms with Crippen LogP contribution in [0.5, 0.6) is 0 Å². The highest BCUT2D eigenvalue weighted by Crippen LogP contribution is 2.25. The highest BCUT2D eigenvalue weighted by Gasteiger charge is 2.20. The Hall–Kier alpha value is -2.40. The summed E-state index contributed by atoms with van der Waals surface area (Å²) in [6.07, 6.45) is 1.65. The topological polar surface area (TPSA) is 88.2 Å². The normalized spacial score (nSPS) is 11.7. The molecule has 0 radical (unpaired) electrons. The Labute approximate surface area is 187 Å². The smallest absolute Gasteiger partial charge is 0.259 e. The molecular formula is C20H18ClF2N3O3S2. The molecule has 3 rings (SSSR count). The van der Waals surface area contributed by atoms with Crippen molar-refractivity contribution in [1.29, 1.82) is 0 Å². The lowest BCUT2D eigenvalue weighted by Gasteiger charge is -2.11. The summed E-state index contributed by atoms with van der Waals surface area (Å²) in [5, 5.41) is 2.87. The first-order valence-electron chi connectivity index (χ1n) is 9.07. The molecule has 1 heterocycles. The van der Waals surface area contributed by atoms with Gasteiger partial charge in [0.05, 0.1) is 15.5 Å². The second-order valence-corrected chi connectivity index (χ2v) is 10.2. The van der Waals surface area contributed by atoms with E-state index in [1.165, 1.54) is 36.5 Å². The third-order valence-corrected chi connectivity index (χ3v) is 6.94. The number of anilines is 1. The predicted octanol–water partition coefficient (Wildman–Crippen LogP) is 4.60. The van der Waals surface area contributed by atoms with Crippen LogP contribution < -0.4 is 10.0 Å². The van der Waals surface area contributed by atoms with Crippen LogP contribution in [0.3, 0.4) is 0 Å². The van der Waals surface area contributed by atoms with Crippen LogP contribution in [-0.4, -0.2) is 25.4 Å². The molecule has 0 saturated heterocycles. The van der Waals surface area contributed by atoms with Crippen LogP contribution in [0.2, 0.25) is 5.02 Å². The second kappa shape index (κ2) is 9.39. The van der Waals surface area contributed by atoms with Crippen LogP contribution in [0.1, 0.15) is 34.6 Å². The quantitative estimate of drug-likeness (QED) is 0.511. The lowest BCUT2D eigenvalue weighted by atomic mass is 10.1. The molecule has 1 amide bonds. The summed E-state index contributed by atoms with van der Waals surface area (Å²) in [7, 11) is -3.81. The molecule has 6 nitrogen and oxygen atoms in total. The number of aromatic nitrogens is 1. The highest BCUT2D eigenvalue weighted by atomic mass is 35.5. The monoisotopic (exact) mass is 485 g/mol. The van der Waals surface area contributed by atoms with Crippen molar-refractivity contribution in [2.45, 2.75) is 31.2 Å². The summed E-state index contributed by atoms with van der Waals surface area (Å²) in [6.45, 7) is 3.36. The number of thiazole rings is 1. The molecule has 0 unspecified atom stereocenters. The second-order valence-electron chi connectivity index (χ2n) is 6.92. The number of nitrogens with one attached hydrogen (secondary N) is 2. The zero-order valence-electron chi connectivity index (χ0n) is 16.4. The minimum absolute atomic E-state index is 0.0328. The summed E-state index contributed by atoms with van der Waals surface area (Å²) >= 11 is 7.20. The minimum Gasteiger partial charge on any atom is -0.298 e. The Morgan fingerprint density at radius 2 is 1.94 bits per heavy atom. The molecule has 1 aromatic heterocycles. The third-order valence-electron chi connectivity index (χ3n) is 4.04.